The third kappa shape index (κ3) is 4.42. The summed E-state index contributed by atoms with van der Waals surface area (Å²) in [6, 6.07) is 2.50. The van der Waals surface area contributed by atoms with E-state index in [2.05, 4.69) is 30.3 Å². The van der Waals surface area contributed by atoms with Gasteiger partial charge in [0, 0.05) is 31.6 Å². The van der Waals surface area contributed by atoms with E-state index >= 15 is 0 Å². The Labute approximate surface area is 111 Å². The Balaban J connectivity index is 2.51. The zero-order chi connectivity index (χ0) is 13.4. The number of ether oxygens (including phenoxy) is 1. The Bertz CT molecular complexity index is 319. The second kappa shape index (κ2) is 8.27. The molecular formula is C14H27N3O. The van der Waals surface area contributed by atoms with Crippen molar-refractivity contribution in [3.05, 3.63) is 18.0 Å². The average molecular weight is 253 g/mol. The van der Waals surface area contributed by atoms with Crippen LogP contribution in [-0.4, -0.2) is 35.6 Å². The first-order chi connectivity index (χ1) is 8.72. The lowest BCUT2D eigenvalue weighted by Gasteiger charge is -2.26. The number of hydrogen-bond donors (Lipinski definition) is 1. The smallest absolute Gasteiger partial charge is 0.0727 e. The lowest BCUT2D eigenvalue weighted by Crippen LogP contribution is -2.40. The highest BCUT2D eigenvalue weighted by molar-refractivity contribution is 5.00. The van der Waals surface area contributed by atoms with Crippen molar-refractivity contribution in [3.8, 4) is 0 Å². The molecule has 1 rings (SSSR count). The summed E-state index contributed by atoms with van der Waals surface area (Å²) in [7, 11) is 4.02. The van der Waals surface area contributed by atoms with Gasteiger partial charge in [-0.15, -0.1) is 0 Å². The van der Waals surface area contributed by atoms with Gasteiger partial charge >= 0.3 is 0 Å². The fourth-order valence-corrected chi connectivity index (χ4v) is 2.37. The number of aryl methyl sites for hydroxylation is 2. The summed E-state index contributed by atoms with van der Waals surface area (Å²) in [6.45, 7) is 5.06. The number of hydrogen-bond acceptors (Lipinski definition) is 3. The average Bonchev–Trinajstić information content (AvgIpc) is 2.76. The number of nitrogens with one attached hydrogen (secondary N) is 1. The highest BCUT2D eigenvalue weighted by Gasteiger charge is 2.19. The van der Waals surface area contributed by atoms with Crippen LogP contribution in [0, 0.1) is 0 Å². The molecule has 4 heteroatoms. The summed E-state index contributed by atoms with van der Waals surface area (Å²) >= 11 is 0. The molecule has 0 amide bonds. The van der Waals surface area contributed by atoms with Gasteiger partial charge in [0.2, 0.25) is 0 Å². The van der Waals surface area contributed by atoms with Gasteiger partial charge in [0.25, 0.3) is 0 Å². The monoisotopic (exact) mass is 253 g/mol. The van der Waals surface area contributed by atoms with Crippen molar-refractivity contribution in [3.63, 3.8) is 0 Å². The number of nitrogens with zero attached hydrogens (tertiary/aromatic N) is 2. The third-order valence-corrected chi connectivity index (χ3v) is 3.41. The van der Waals surface area contributed by atoms with Gasteiger partial charge in [0.05, 0.1) is 6.10 Å². The van der Waals surface area contributed by atoms with Crippen LogP contribution in [0.2, 0.25) is 0 Å². The Kier molecular flexibility index (Phi) is 6.98. The van der Waals surface area contributed by atoms with E-state index < -0.39 is 0 Å². The molecule has 0 fully saturated rings. The van der Waals surface area contributed by atoms with Crippen LogP contribution in [0.4, 0.5) is 0 Å². The van der Waals surface area contributed by atoms with Crippen molar-refractivity contribution >= 4 is 0 Å². The van der Waals surface area contributed by atoms with Gasteiger partial charge in [0.1, 0.15) is 0 Å². The van der Waals surface area contributed by atoms with Crippen molar-refractivity contribution in [1.29, 1.82) is 0 Å². The Morgan fingerprint density at radius 1 is 1.39 bits per heavy atom. The molecule has 18 heavy (non-hydrogen) atoms. The van der Waals surface area contributed by atoms with E-state index in [4.69, 9.17) is 4.74 Å². The minimum absolute atomic E-state index is 0.318. The van der Waals surface area contributed by atoms with E-state index in [1.165, 1.54) is 5.69 Å². The fourth-order valence-electron chi connectivity index (χ4n) is 2.37. The molecule has 0 aliphatic heterocycles. The molecule has 0 saturated heterocycles. The molecule has 0 bridgehead atoms. The quantitative estimate of drug-likeness (QED) is 0.733. The van der Waals surface area contributed by atoms with Crippen molar-refractivity contribution in [2.45, 2.75) is 51.7 Å². The van der Waals surface area contributed by atoms with Crippen LogP contribution < -0.4 is 5.32 Å². The molecule has 0 spiro atoms. The highest BCUT2D eigenvalue weighted by Crippen LogP contribution is 2.13. The normalized spacial score (nSPS) is 14.7. The van der Waals surface area contributed by atoms with Crippen LogP contribution >= 0.6 is 0 Å². The van der Waals surface area contributed by atoms with Crippen molar-refractivity contribution in [2.75, 3.05) is 13.7 Å². The Morgan fingerprint density at radius 2 is 2.17 bits per heavy atom. The lowest BCUT2D eigenvalue weighted by molar-refractivity contribution is 0.0278. The van der Waals surface area contributed by atoms with E-state index in [1.54, 1.807) is 0 Å². The summed E-state index contributed by atoms with van der Waals surface area (Å²) in [4.78, 5) is 0. The number of aromatic nitrogens is 2. The molecule has 1 aromatic rings. The fraction of sp³-hybridized carbons (Fsp3) is 0.786. The molecule has 0 aliphatic carbocycles. The van der Waals surface area contributed by atoms with Crippen molar-refractivity contribution in [1.82, 2.24) is 15.1 Å². The molecule has 0 radical (unpaired) electrons. The maximum Gasteiger partial charge on any atom is 0.0727 e. The van der Waals surface area contributed by atoms with Gasteiger partial charge in [-0.25, -0.2) is 0 Å². The largest absolute Gasteiger partial charge is 0.377 e. The minimum atomic E-state index is 0.318. The summed E-state index contributed by atoms with van der Waals surface area (Å²) < 4.78 is 7.80. The van der Waals surface area contributed by atoms with E-state index in [-0.39, 0.29) is 0 Å². The van der Waals surface area contributed by atoms with Gasteiger partial charge in [-0.2, -0.15) is 5.10 Å². The second-order valence-electron chi connectivity index (χ2n) is 4.66. The molecule has 1 aromatic heterocycles. The molecule has 0 saturated carbocycles. The standard InChI is InChI=1S/C14H27N3O/c1-5-7-14(18-6-2)13(15-3)9-8-12-10-11-16-17(12)4/h10-11,13-15H,5-9H2,1-4H3. The third-order valence-electron chi connectivity index (χ3n) is 3.41. The van der Waals surface area contributed by atoms with Crippen LogP contribution in [0.3, 0.4) is 0 Å². The molecule has 1 N–H and O–H groups in total. The first-order valence-electron chi connectivity index (χ1n) is 6.98. The number of likely N-dealkylation sites (N-methyl/N-ethyl adjacent to an activating group) is 1. The van der Waals surface area contributed by atoms with E-state index in [1.807, 2.05) is 25.0 Å². The van der Waals surface area contributed by atoms with Crippen LogP contribution in [0.1, 0.15) is 38.8 Å². The van der Waals surface area contributed by atoms with Gasteiger partial charge in [0.15, 0.2) is 0 Å². The van der Waals surface area contributed by atoms with Crippen LogP contribution in [0.25, 0.3) is 0 Å². The summed E-state index contributed by atoms with van der Waals surface area (Å²) in [5.41, 5.74) is 1.28. The highest BCUT2D eigenvalue weighted by atomic mass is 16.5. The molecule has 1 heterocycles. The maximum absolute atomic E-state index is 5.85. The van der Waals surface area contributed by atoms with E-state index in [9.17, 15) is 0 Å². The molecule has 4 nitrogen and oxygen atoms in total. The predicted octanol–water partition coefficient (Wildman–Crippen LogP) is 2.15. The predicted molar refractivity (Wildman–Crippen MR) is 74.7 cm³/mol. The summed E-state index contributed by atoms with van der Waals surface area (Å²) in [6.07, 6.45) is 6.57. The van der Waals surface area contributed by atoms with Crippen molar-refractivity contribution in [2.24, 2.45) is 7.05 Å². The van der Waals surface area contributed by atoms with Gasteiger partial charge in [-0.05, 0) is 39.3 Å². The van der Waals surface area contributed by atoms with Crippen LogP contribution in [0.5, 0.6) is 0 Å². The SMILES string of the molecule is CCCC(OCC)C(CCc1ccnn1C)NC. The van der Waals surface area contributed by atoms with Crippen LogP contribution in [-0.2, 0) is 18.2 Å². The number of rotatable bonds is 9. The van der Waals surface area contributed by atoms with Crippen LogP contribution in [0.15, 0.2) is 12.3 Å². The first-order valence-corrected chi connectivity index (χ1v) is 6.98. The molecule has 2 atom stereocenters. The lowest BCUT2D eigenvalue weighted by atomic mass is 10.0. The first kappa shape index (κ1) is 15.2. The topological polar surface area (TPSA) is 39.1 Å². The molecular weight excluding hydrogens is 226 g/mol. The zero-order valence-electron chi connectivity index (χ0n) is 12.1. The molecule has 0 aliphatic rings. The maximum atomic E-state index is 5.85. The van der Waals surface area contributed by atoms with E-state index in [0.717, 1.165) is 32.3 Å². The van der Waals surface area contributed by atoms with Crippen molar-refractivity contribution < 1.29 is 4.74 Å². The summed E-state index contributed by atoms with van der Waals surface area (Å²) in [5, 5.41) is 7.60. The second-order valence-corrected chi connectivity index (χ2v) is 4.66. The Hall–Kier alpha value is -0.870. The summed E-state index contributed by atoms with van der Waals surface area (Å²) in [5.74, 6) is 0. The van der Waals surface area contributed by atoms with Gasteiger partial charge < -0.3 is 10.1 Å². The van der Waals surface area contributed by atoms with E-state index in [0.29, 0.717) is 12.1 Å². The molecule has 2 unspecified atom stereocenters. The zero-order valence-corrected chi connectivity index (χ0v) is 12.1. The Morgan fingerprint density at radius 3 is 2.67 bits per heavy atom. The molecule has 0 aromatic carbocycles. The minimum Gasteiger partial charge on any atom is -0.377 e. The van der Waals surface area contributed by atoms with Gasteiger partial charge in [-0.1, -0.05) is 13.3 Å². The van der Waals surface area contributed by atoms with Gasteiger partial charge in [-0.3, -0.25) is 4.68 Å². The molecule has 104 valence electrons.